The fourth-order valence-corrected chi connectivity index (χ4v) is 2.04. The van der Waals surface area contributed by atoms with Gasteiger partial charge in [0.15, 0.2) is 0 Å². The first-order valence-corrected chi connectivity index (χ1v) is 6.53. The number of hydrogen-bond acceptors (Lipinski definition) is 3. The topological polar surface area (TPSA) is 55.4 Å². The lowest BCUT2D eigenvalue weighted by atomic mass is 10.1. The number of fused-ring (bicyclic) bond motifs is 1. The molecular weight excluding hydrogens is 254 g/mol. The van der Waals surface area contributed by atoms with Gasteiger partial charge in [-0.3, -0.25) is 4.79 Å². The average molecular weight is 271 g/mol. The Morgan fingerprint density at radius 3 is 2.50 bits per heavy atom. The van der Waals surface area contributed by atoms with E-state index in [2.05, 4.69) is 10.1 Å². The van der Waals surface area contributed by atoms with Crippen LogP contribution >= 0.6 is 0 Å². The SMILES string of the molecule is CC[C@@H](NC(=O)c1ccc2ccccc2c1)C(=O)OC. The molecule has 2 aromatic rings. The molecule has 0 aliphatic heterocycles. The van der Waals surface area contributed by atoms with Gasteiger partial charge in [-0.25, -0.2) is 4.79 Å². The molecule has 20 heavy (non-hydrogen) atoms. The predicted molar refractivity (Wildman–Crippen MR) is 77.5 cm³/mol. The Morgan fingerprint density at radius 2 is 1.85 bits per heavy atom. The highest BCUT2D eigenvalue weighted by Gasteiger charge is 2.20. The molecule has 0 aromatic heterocycles. The second-order valence-corrected chi connectivity index (χ2v) is 4.52. The molecule has 1 amide bonds. The molecule has 2 aromatic carbocycles. The smallest absolute Gasteiger partial charge is 0.328 e. The van der Waals surface area contributed by atoms with E-state index in [1.54, 1.807) is 6.07 Å². The Labute approximate surface area is 117 Å². The summed E-state index contributed by atoms with van der Waals surface area (Å²) in [6, 6.07) is 12.7. The monoisotopic (exact) mass is 271 g/mol. The average Bonchev–Trinajstić information content (AvgIpc) is 2.51. The maximum Gasteiger partial charge on any atom is 0.328 e. The van der Waals surface area contributed by atoms with Crippen LogP contribution in [0.1, 0.15) is 23.7 Å². The summed E-state index contributed by atoms with van der Waals surface area (Å²) in [5.41, 5.74) is 0.533. The number of carbonyl (C=O) groups excluding carboxylic acids is 2. The number of esters is 1. The van der Waals surface area contributed by atoms with Crippen LogP contribution in [0.3, 0.4) is 0 Å². The van der Waals surface area contributed by atoms with Gasteiger partial charge in [0.2, 0.25) is 0 Å². The lowest BCUT2D eigenvalue weighted by molar-refractivity contribution is -0.142. The first-order chi connectivity index (χ1) is 9.65. The van der Waals surface area contributed by atoms with Crippen LogP contribution in [0.2, 0.25) is 0 Å². The molecule has 0 unspecified atom stereocenters. The molecule has 0 saturated heterocycles. The zero-order chi connectivity index (χ0) is 14.5. The maximum atomic E-state index is 12.2. The molecule has 4 heteroatoms. The normalized spacial score (nSPS) is 11.9. The fraction of sp³-hybridized carbons (Fsp3) is 0.250. The van der Waals surface area contributed by atoms with Gasteiger partial charge in [0.25, 0.3) is 5.91 Å². The lowest BCUT2D eigenvalue weighted by Gasteiger charge is -2.14. The Balaban J connectivity index is 2.20. The zero-order valence-corrected chi connectivity index (χ0v) is 11.6. The summed E-state index contributed by atoms with van der Waals surface area (Å²) in [6.07, 6.45) is 0.492. The summed E-state index contributed by atoms with van der Waals surface area (Å²) in [5.74, 6) is -0.699. The molecule has 2 rings (SSSR count). The van der Waals surface area contributed by atoms with Gasteiger partial charge in [-0.2, -0.15) is 0 Å². The largest absolute Gasteiger partial charge is 0.467 e. The van der Waals surface area contributed by atoms with Crippen LogP contribution in [0, 0.1) is 0 Å². The van der Waals surface area contributed by atoms with E-state index in [0.717, 1.165) is 10.8 Å². The van der Waals surface area contributed by atoms with E-state index in [-0.39, 0.29) is 5.91 Å². The van der Waals surface area contributed by atoms with Gasteiger partial charge in [-0.15, -0.1) is 0 Å². The standard InChI is InChI=1S/C16H17NO3/c1-3-14(16(19)20-2)17-15(18)13-9-8-11-6-4-5-7-12(11)10-13/h4-10,14H,3H2,1-2H3,(H,17,18)/t14-/m1/s1. The van der Waals surface area contributed by atoms with Crippen molar-refractivity contribution in [2.45, 2.75) is 19.4 Å². The van der Waals surface area contributed by atoms with Gasteiger partial charge >= 0.3 is 5.97 Å². The van der Waals surface area contributed by atoms with Crippen LogP contribution in [0.25, 0.3) is 10.8 Å². The van der Waals surface area contributed by atoms with Crippen molar-refractivity contribution in [3.8, 4) is 0 Å². The third-order valence-corrected chi connectivity index (χ3v) is 3.21. The second kappa shape index (κ2) is 6.19. The lowest BCUT2D eigenvalue weighted by Crippen LogP contribution is -2.41. The summed E-state index contributed by atoms with van der Waals surface area (Å²) >= 11 is 0. The molecule has 0 spiro atoms. The Bertz CT molecular complexity index is 636. The number of ether oxygens (including phenoxy) is 1. The van der Waals surface area contributed by atoms with Gasteiger partial charge in [0.05, 0.1) is 7.11 Å². The van der Waals surface area contributed by atoms with Crippen molar-refractivity contribution in [3.05, 3.63) is 48.0 Å². The number of amides is 1. The number of hydrogen-bond donors (Lipinski definition) is 1. The van der Waals surface area contributed by atoms with Crippen LogP contribution in [0.5, 0.6) is 0 Å². The van der Waals surface area contributed by atoms with Gasteiger partial charge < -0.3 is 10.1 Å². The minimum atomic E-state index is -0.612. The Kier molecular flexibility index (Phi) is 4.35. The van der Waals surface area contributed by atoms with Crippen molar-refractivity contribution in [2.75, 3.05) is 7.11 Å². The molecule has 104 valence electrons. The van der Waals surface area contributed by atoms with Crippen molar-refractivity contribution in [1.82, 2.24) is 5.32 Å². The van der Waals surface area contributed by atoms with Crippen LogP contribution in [-0.4, -0.2) is 25.0 Å². The van der Waals surface area contributed by atoms with E-state index >= 15 is 0 Å². The predicted octanol–water partition coefficient (Wildman–Crippen LogP) is 2.52. The molecule has 0 fully saturated rings. The summed E-state index contributed by atoms with van der Waals surface area (Å²) in [6.45, 7) is 1.82. The second-order valence-electron chi connectivity index (χ2n) is 4.52. The Hall–Kier alpha value is -2.36. The van der Waals surface area contributed by atoms with Crippen molar-refractivity contribution >= 4 is 22.6 Å². The molecule has 0 bridgehead atoms. The van der Waals surface area contributed by atoms with Gasteiger partial charge in [0, 0.05) is 5.56 Å². The molecule has 1 atom stereocenters. The van der Waals surface area contributed by atoms with Gasteiger partial charge in [-0.1, -0.05) is 37.3 Å². The van der Waals surface area contributed by atoms with Crippen molar-refractivity contribution < 1.29 is 14.3 Å². The molecule has 1 N–H and O–H groups in total. The van der Waals surface area contributed by atoms with Crippen molar-refractivity contribution in [3.63, 3.8) is 0 Å². The zero-order valence-electron chi connectivity index (χ0n) is 11.6. The number of carbonyl (C=O) groups is 2. The highest BCUT2D eigenvalue weighted by molar-refractivity contribution is 6.00. The van der Waals surface area contributed by atoms with Crippen LogP contribution < -0.4 is 5.32 Å². The molecular formula is C16H17NO3. The van der Waals surface area contributed by atoms with E-state index in [4.69, 9.17) is 0 Å². The van der Waals surface area contributed by atoms with Crippen molar-refractivity contribution in [2.24, 2.45) is 0 Å². The first kappa shape index (κ1) is 14.1. The quantitative estimate of drug-likeness (QED) is 0.869. The van der Waals surface area contributed by atoms with E-state index in [9.17, 15) is 9.59 Å². The van der Waals surface area contributed by atoms with E-state index in [0.29, 0.717) is 12.0 Å². The Morgan fingerprint density at radius 1 is 1.15 bits per heavy atom. The number of methoxy groups -OCH3 is 1. The maximum absolute atomic E-state index is 12.2. The summed E-state index contributed by atoms with van der Waals surface area (Å²) in [7, 11) is 1.31. The number of benzene rings is 2. The summed E-state index contributed by atoms with van der Waals surface area (Å²) in [5, 5.41) is 4.75. The highest BCUT2D eigenvalue weighted by atomic mass is 16.5. The van der Waals surface area contributed by atoms with E-state index in [1.165, 1.54) is 7.11 Å². The third-order valence-electron chi connectivity index (χ3n) is 3.21. The molecule has 0 radical (unpaired) electrons. The molecule has 0 aliphatic carbocycles. The van der Waals surface area contributed by atoms with Crippen LogP contribution in [-0.2, 0) is 9.53 Å². The van der Waals surface area contributed by atoms with Crippen molar-refractivity contribution in [1.29, 1.82) is 0 Å². The summed E-state index contributed by atoms with van der Waals surface area (Å²) in [4.78, 5) is 23.6. The summed E-state index contributed by atoms with van der Waals surface area (Å²) < 4.78 is 4.66. The molecule has 4 nitrogen and oxygen atoms in total. The van der Waals surface area contributed by atoms with Crippen LogP contribution in [0.4, 0.5) is 0 Å². The third kappa shape index (κ3) is 2.96. The minimum Gasteiger partial charge on any atom is -0.467 e. The highest BCUT2D eigenvalue weighted by Crippen LogP contribution is 2.15. The first-order valence-electron chi connectivity index (χ1n) is 6.53. The van der Waals surface area contributed by atoms with Crippen LogP contribution in [0.15, 0.2) is 42.5 Å². The number of nitrogens with one attached hydrogen (secondary N) is 1. The van der Waals surface area contributed by atoms with Gasteiger partial charge in [0.1, 0.15) is 6.04 Å². The van der Waals surface area contributed by atoms with E-state index < -0.39 is 12.0 Å². The van der Waals surface area contributed by atoms with Gasteiger partial charge in [-0.05, 0) is 29.3 Å². The molecule has 0 aliphatic rings. The number of rotatable bonds is 4. The van der Waals surface area contributed by atoms with E-state index in [1.807, 2.05) is 43.3 Å². The fourth-order valence-electron chi connectivity index (χ4n) is 2.04. The molecule has 0 heterocycles. The minimum absolute atomic E-state index is 0.270. The molecule has 0 saturated carbocycles.